The summed E-state index contributed by atoms with van der Waals surface area (Å²) in [5.74, 6) is 0.886. The second kappa shape index (κ2) is 9.42. The fourth-order valence-electron chi connectivity index (χ4n) is 4.76. The maximum atomic E-state index is 12.3. The summed E-state index contributed by atoms with van der Waals surface area (Å²) in [5, 5.41) is 32.6. The van der Waals surface area contributed by atoms with Crippen molar-refractivity contribution in [3.05, 3.63) is 29.8 Å². The van der Waals surface area contributed by atoms with Crippen LogP contribution in [0.15, 0.2) is 24.3 Å². The van der Waals surface area contributed by atoms with Crippen LogP contribution in [0, 0.1) is 11.8 Å². The SMILES string of the molecule is CC(C)C(=O)N[C@@H]1C[C@H](c2ccc(O[C@H]3OC[C@H](O)[C@@H](O)[C@@H]3O)cc2)O[C@@H]2CCC[C@@H]12. The summed E-state index contributed by atoms with van der Waals surface area (Å²) in [7, 11) is 0. The number of aliphatic hydroxyl groups is 3. The highest BCUT2D eigenvalue weighted by atomic mass is 16.7. The number of aliphatic hydroxyl groups excluding tert-OH is 3. The fraction of sp³-hybridized carbons (Fsp3) is 0.696. The molecule has 1 aliphatic carbocycles. The average Bonchev–Trinajstić information content (AvgIpc) is 3.23. The van der Waals surface area contributed by atoms with Crippen LogP contribution in [0.1, 0.15) is 51.2 Å². The standard InChI is InChI=1S/C23H33NO7/c1-12(2)22(28)24-16-10-19(31-18-5-3-4-15(16)18)13-6-8-14(9-7-13)30-23-21(27)20(26)17(25)11-29-23/h6-9,12,15-21,23,25-27H,3-5,10-11H2,1-2H3,(H,24,28)/t15-,16+,17-,18+,19+,20+,21-,23+/m0/s1. The predicted molar refractivity (Wildman–Crippen MR) is 111 cm³/mol. The van der Waals surface area contributed by atoms with Gasteiger partial charge in [-0.15, -0.1) is 0 Å². The Morgan fingerprint density at radius 2 is 1.87 bits per heavy atom. The van der Waals surface area contributed by atoms with Gasteiger partial charge < -0.3 is 34.8 Å². The molecule has 172 valence electrons. The molecule has 4 rings (SSSR count). The van der Waals surface area contributed by atoms with Crippen molar-refractivity contribution in [3.8, 4) is 5.75 Å². The van der Waals surface area contributed by atoms with Gasteiger partial charge in [0.25, 0.3) is 0 Å². The molecule has 31 heavy (non-hydrogen) atoms. The zero-order valence-electron chi connectivity index (χ0n) is 18.0. The summed E-state index contributed by atoms with van der Waals surface area (Å²) >= 11 is 0. The highest BCUT2D eigenvalue weighted by Crippen LogP contribution is 2.43. The number of amides is 1. The quantitative estimate of drug-likeness (QED) is 0.550. The van der Waals surface area contributed by atoms with Crippen LogP contribution < -0.4 is 10.1 Å². The van der Waals surface area contributed by atoms with E-state index < -0.39 is 24.6 Å². The molecule has 0 unspecified atom stereocenters. The first-order valence-corrected chi connectivity index (χ1v) is 11.2. The van der Waals surface area contributed by atoms with Crippen molar-refractivity contribution in [1.82, 2.24) is 5.32 Å². The number of benzene rings is 1. The minimum absolute atomic E-state index is 0.0467. The Morgan fingerprint density at radius 1 is 1.13 bits per heavy atom. The van der Waals surface area contributed by atoms with E-state index in [1.54, 1.807) is 12.1 Å². The number of hydrogen-bond donors (Lipinski definition) is 4. The lowest BCUT2D eigenvalue weighted by Gasteiger charge is -2.40. The number of carbonyl (C=O) groups excluding carboxylic acids is 1. The number of ether oxygens (including phenoxy) is 3. The Morgan fingerprint density at radius 3 is 2.58 bits per heavy atom. The van der Waals surface area contributed by atoms with E-state index in [0.717, 1.165) is 31.2 Å². The summed E-state index contributed by atoms with van der Waals surface area (Å²) in [4.78, 5) is 12.3. The molecule has 0 radical (unpaired) electrons. The van der Waals surface area contributed by atoms with Gasteiger partial charge in [-0.2, -0.15) is 0 Å². The summed E-state index contributed by atoms with van der Waals surface area (Å²) in [6, 6.07) is 7.48. The molecule has 3 fully saturated rings. The highest BCUT2D eigenvalue weighted by molar-refractivity contribution is 5.78. The molecule has 1 amide bonds. The van der Waals surface area contributed by atoms with E-state index in [2.05, 4.69) is 5.32 Å². The van der Waals surface area contributed by atoms with E-state index >= 15 is 0 Å². The van der Waals surface area contributed by atoms with Gasteiger partial charge in [0.2, 0.25) is 12.2 Å². The largest absolute Gasteiger partial charge is 0.462 e. The molecule has 3 aliphatic rings. The Labute approximate surface area is 182 Å². The van der Waals surface area contributed by atoms with Crippen molar-refractivity contribution in [2.75, 3.05) is 6.61 Å². The summed E-state index contributed by atoms with van der Waals surface area (Å²) in [6.07, 6.45) is -0.847. The molecule has 0 spiro atoms. The Hall–Kier alpha value is -1.71. The molecule has 1 aromatic carbocycles. The molecule has 2 heterocycles. The number of carbonyl (C=O) groups is 1. The smallest absolute Gasteiger partial charge is 0.228 e. The van der Waals surface area contributed by atoms with Crippen LogP contribution in [0.5, 0.6) is 5.75 Å². The molecular formula is C23H33NO7. The highest BCUT2D eigenvalue weighted by Gasteiger charge is 2.43. The third-order valence-electron chi connectivity index (χ3n) is 6.64. The van der Waals surface area contributed by atoms with Gasteiger partial charge in [0.15, 0.2) is 0 Å². The van der Waals surface area contributed by atoms with Gasteiger partial charge in [0, 0.05) is 17.9 Å². The van der Waals surface area contributed by atoms with Crippen molar-refractivity contribution in [3.63, 3.8) is 0 Å². The third-order valence-corrected chi connectivity index (χ3v) is 6.64. The van der Waals surface area contributed by atoms with Crippen molar-refractivity contribution >= 4 is 5.91 Å². The van der Waals surface area contributed by atoms with Gasteiger partial charge in [0.1, 0.15) is 24.1 Å². The number of fused-ring (bicyclic) bond motifs is 1. The van der Waals surface area contributed by atoms with Crippen molar-refractivity contribution < 1.29 is 34.3 Å². The minimum atomic E-state index is -1.34. The predicted octanol–water partition coefficient (Wildman–Crippen LogP) is 1.28. The third kappa shape index (κ3) is 4.88. The molecule has 8 heteroatoms. The van der Waals surface area contributed by atoms with Crippen LogP contribution in [0.2, 0.25) is 0 Å². The maximum absolute atomic E-state index is 12.3. The van der Waals surface area contributed by atoms with E-state index in [-0.39, 0.29) is 36.7 Å². The van der Waals surface area contributed by atoms with Crippen LogP contribution in [0.3, 0.4) is 0 Å². The number of nitrogens with one attached hydrogen (secondary N) is 1. The van der Waals surface area contributed by atoms with Crippen LogP contribution >= 0.6 is 0 Å². The van der Waals surface area contributed by atoms with Crippen molar-refractivity contribution in [2.45, 2.75) is 82.4 Å². The van der Waals surface area contributed by atoms with Gasteiger partial charge >= 0.3 is 0 Å². The van der Waals surface area contributed by atoms with Crippen LogP contribution in [0.25, 0.3) is 0 Å². The molecule has 1 saturated carbocycles. The Balaban J connectivity index is 1.41. The topological polar surface area (TPSA) is 117 Å². The molecule has 4 N–H and O–H groups in total. The van der Waals surface area contributed by atoms with Crippen molar-refractivity contribution in [2.24, 2.45) is 11.8 Å². The maximum Gasteiger partial charge on any atom is 0.228 e. The molecular weight excluding hydrogens is 402 g/mol. The molecule has 1 aromatic rings. The number of rotatable bonds is 5. The minimum Gasteiger partial charge on any atom is -0.462 e. The zero-order valence-corrected chi connectivity index (χ0v) is 18.0. The molecule has 0 bridgehead atoms. The van der Waals surface area contributed by atoms with E-state index in [1.165, 1.54) is 0 Å². The van der Waals surface area contributed by atoms with Gasteiger partial charge in [-0.25, -0.2) is 0 Å². The normalized spacial score (nSPS) is 38.0. The van der Waals surface area contributed by atoms with E-state index in [1.807, 2.05) is 26.0 Å². The molecule has 0 aromatic heterocycles. The van der Waals surface area contributed by atoms with Gasteiger partial charge in [0.05, 0.1) is 18.8 Å². The summed E-state index contributed by atoms with van der Waals surface area (Å²) in [6.45, 7) is 3.70. The first-order valence-electron chi connectivity index (χ1n) is 11.2. The second-order valence-electron chi connectivity index (χ2n) is 9.20. The molecule has 8 atom stereocenters. The summed E-state index contributed by atoms with van der Waals surface area (Å²) in [5.41, 5.74) is 1.00. The lowest BCUT2D eigenvalue weighted by atomic mass is 9.86. The molecule has 8 nitrogen and oxygen atoms in total. The second-order valence-corrected chi connectivity index (χ2v) is 9.20. The lowest BCUT2D eigenvalue weighted by molar-refractivity contribution is -0.242. The lowest BCUT2D eigenvalue weighted by Crippen LogP contribution is -2.54. The molecule has 2 aliphatic heterocycles. The monoisotopic (exact) mass is 435 g/mol. The van der Waals surface area contributed by atoms with E-state index in [9.17, 15) is 20.1 Å². The fourth-order valence-corrected chi connectivity index (χ4v) is 4.76. The van der Waals surface area contributed by atoms with Gasteiger partial charge in [-0.05, 0) is 37.0 Å². The average molecular weight is 436 g/mol. The Kier molecular flexibility index (Phi) is 6.83. The van der Waals surface area contributed by atoms with Crippen LogP contribution in [-0.4, -0.2) is 64.6 Å². The summed E-state index contributed by atoms with van der Waals surface area (Å²) < 4.78 is 17.3. The number of hydrogen-bond acceptors (Lipinski definition) is 7. The van der Waals surface area contributed by atoms with Crippen LogP contribution in [-0.2, 0) is 14.3 Å². The first-order chi connectivity index (χ1) is 14.8. The molecule has 2 saturated heterocycles. The van der Waals surface area contributed by atoms with E-state index in [4.69, 9.17) is 14.2 Å². The first kappa shape index (κ1) is 22.5. The van der Waals surface area contributed by atoms with Gasteiger partial charge in [-0.1, -0.05) is 32.4 Å². The van der Waals surface area contributed by atoms with E-state index in [0.29, 0.717) is 11.7 Å². The van der Waals surface area contributed by atoms with Crippen LogP contribution in [0.4, 0.5) is 0 Å². The Bertz CT molecular complexity index is 755. The van der Waals surface area contributed by atoms with Gasteiger partial charge in [-0.3, -0.25) is 4.79 Å². The van der Waals surface area contributed by atoms with Crippen molar-refractivity contribution in [1.29, 1.82) is 0 Å². The zero-order chi connectivity index (χ0) is 22.1.